The summed E-state index contributed by atoms with van der Waals surface area (Å²) in [6.45, 7) is 0. The smallest absolute Gasteiger partial charge is 0.0766 e. The van der Waals surface area contributed by atoms with E-state index in [1.807, 2.05) is 0 Å². The van der Waals surface area contributed by atoms with Gasteiger partial charge in [0.1, 0.15) is 0 Å². The molecule has 4 saturated heterocycles. The van der Waals surface area contributed by atoms with E-state index in [1.54, 1.807) is 12.8 Å². The maximum Gasteiger partial charge on any atom is 0.0766 e. The minimum atomic E-state index is 0.535. The first-order valence-corrected chi connectivity index (χ1v) is 26.6. The van der Waals surface area contributed by atoms with Crippen LogP contribution in [-0.4, -0.2) is 68.4 Å². The predicted molar refractivity (Wildman–Crippen MR) is 220 cm³/mol. The van der Waals surface area contributed by atoms with Crippen LogP contribution in [0.5, 0.6) is 0 Å². The fraction of sp³-hybridized carbons (Fsp3) is 1.00. The van der Waals surface area contributed by atoms with E-state index < -0.39 is 0 Å². The van der Waals surface area contributed by atoms with Crippen molar-refractivity contribution in [2.45, 2.75) is 237 Å². The van der Waals surface area contributed by atoms with Crippen molar-refractivity contribution in [3.8, 4) is 0 Å². The number of rotatable bonds is 4. The molecule has 0 amide bonds. The van der Waals surface area contributed by atoms with Crippen LogP contribution < -0.4 is 0 Å². The molecule has 3 nitrogen and oxygen atoms in total. The first-order valence-electron chi connectivity index (χ1n) is 24.7. The average Bonchev–Trinajstić information content (AvgIpc) is 3.98. The molecule has 0 N–H and O–H groups in total. The lowest BCUT2D eigenvalue weighted by Crippen LogP contribution is -2.61. The Kier molecular flexibility index (Phi) is 9.85. The second kappa shape index (κ2) is 14.7. The van der Waals surface area contributed by atoms with E-state index in [-0.39, 0.29) is 0 Å². The number of hydrogen-bond acceptors (Lipinski definition) is 5. The lowest BCUT2D eigenvalue weighted by atomic mass is 9.62. The maximum atomic E-state index is 7.70. The third-order valence-electron chi connectivity index (χ3n) is 19.8. The van der Waals surface area contributed by atoms with Gasteiger partial charge >= 0.3 is 0 Å². The van der Waals surface area contributed by atoms with Gasteiger partial charge in [0.15, 0.2) is 0 Å². The molecule has 0 spiro atoms. The summed E-state index contributed by atoms with van der Waals surface area (Å²) in [6, 6.07) is 2.30. The second-order valence-corrected chi connectivity index (χ2v) is 24.7. The molecule has 0 aromatic rings. The van der Waals surface area contributed by atoms with Gasteiger partial charge in [0.05, 0.1) is 24.4 Å². The van der Waals surface area contributed by atoms with Gasteiger partial charge in [-0.2, -0.15) is 23.5 Å². The van der Waals surface area contributed by atoms with E-state index in [4.69, 9.17) is 9.47 Å². The third kappa shape index (κ3) is 5.93. The molecule has 21 atom stereocenters. The highest BCUT2D eigenvalue weighted by atomic mass is 32.2. The number of fused-ring (bicyclic) bond motifs is 13. The SMILES string of the molecule is C1CCC2C(C1)OC1C2CCCC1N(C1CCCC(C2CCCC3C4CCC5SC6CCCCC6C5C4OC23)C1)C1CCCC2C3CCCCC3SC21. The fourth-order valence-electron chi connectivity index (χ4n) is 18.0. The molecule has 5 heteroatoms. The van der Waals surface area contributed by atoms with Crippen LogP contribution in [-0.2, 0) is 9.47 Å². The lowest BCUT2D eigenvalue weighted by Gasteiger charge is -2.54. The van der Waals surface area contributed by atoms with Gasteiger partial charge in [0, 0.05) is 45.0 Å². The molecule has 4 heterocycles. The molecule has 12 fully saturated rings. The van der Waals surface area contributed by atoms with Crippen molar-refractivity contribution in [2.24, 2.45) is 59.2 Å². The molecule has 21 unspecified atom stereocenters. The van der Waals surface area contributed by atoms with Crippen LogP contribution >= 0.6 is 23.5 Å². The summed E-state index contributed by atoms with van der Waals surface area (Å²) >= 11 is 5.00. The Hall–Kier alpha value is 0.580. The predicted octanol–water partition coefficient (Wildman–Crippen LogP) is 11.7. The summed E-state index contributed by atoms with van der Waals surface area (Å²) in [5.41, 5.74) is 0. The molecule has 0 radical (unpaired) electrons. The van der Waals surface area contributed by atoms with Crippen LogP contribution in [0.1, 0.15) is 173 Å². The van der Waals surface area contributed by atoms with Gasteiger partial charge in [-0.25, -0.2) is 0 Å². The molecular formula is C48H75NO2S2. The van der Waals surface area contributed by atoms with Gasteiger partial charge in [-0.3, -0.25) is 4.90 Å². The minimum Gasteiger partial charge on any atom is -0.374 e. The Bertz CT molecular complexity index is 1260. The summed E-state index contributed by atoms with van der Waals surface area (Å²) in [5.74, 6) is 9.17. The number of nitrogens with zero attached hydrogens (tertiary/aromatic N) is 1. The minimum absolute atomic E-state index is 0.535. The first kappa shape index (κ1) is 35.5. The molecule has 296 valence electrons. The van der Waals surface area contributed by atoms with E-state index in [0.717, 1.165) is 92.3 Å². The zero-order valence-electron chi connectivity index (χ0n) is 33.3. The fourth-order valence-corrected chi connectivity index (χ4v) is 22.3. The van der Waals surface area contributed by atoms with Gasteiger partial charge in [0.25, 0.3) is 0 Å². The van der Waals surface area contributed by atoms with Gasteiger partial charge in [0.2, 0.25) is 0 Å². The van der Waals surface area contributed by atoms with Crippen molar-refractivity contribution in [2.75, 3.05) is 0 Å². The van der Waals surface area contributed by atoms with Crippen molar-refractivity contribution in [3.05, 3.63) is 0 Å². The Morgan fingerprint density at radius 2 is 1.02 bits per heavy atom. The summed E-state index contributed by atoms with van der Waals surface area (Å²) < 4.78 is 15.1. The number of hydrogen-bond donors (Lipinski definition) is 0. The van der Waals surface area contributed by atoms with E-state index in [0.29, 0.717) is 30.5 Å². The van der Waals surface area contributed by atoms with Crippen molar-refractivity contribution in [1.82, 2.24) is 4.90 Å². The van der Waals surface area contributed by atoms with Crippen molar-refractivity contribution >= 4 is 23.5 Å². The Morgan fingerprint density at radius 3 is 1.91 bits per heavy atom. The third-order valence-corrected chi connectivity index (χ3v) is 23.6. The highest BCUT2D eigenvalue weighted by molar-refractivity contribution is 8.01. The number of thioether (sulfide) groups is 2. The summed E-state index contributed by atoms with van der Waals surface area (Å²) in [5, 5.41) is 3.78. The van der Waals surface area contributed by atoms with Crippen LogP contribution in [0.2, 0.25) is 0 Å². The lowest BCUT2D eigenvalue weighted by molar-refractivity contribution is -0.0977. The van der Waals surface area contributed by atoms with E-state index in [2.05, 4.69) is 28.4 Å². The van der Waals surface area contributed by atoms with Gasteiger partial charge in [-0.15, -0.1) is 0 Å². The largest absolute Gasteiger partial charge is 0.374 e. The second-order valence-electron chi connectivity index (χ2n) is 21.8. The molecular weight excluding hydrogens is 687 g/mol. The quantitative estimate of drug-likeness (QED) is 0.284. The molecule has 12 aliphatic rings. The molecule has 8 saturated carbocycles. The Balaban J connectivity index is 0.834. The molecule has 0 aromatic heterocycles. The first-order chi connectivity index (χ1) is 26.3. The molecule has 8 aliphatic carbocycles. The van der Waals surface area contributed by atoms with Crippen LogP contribution in [0, 0.1) is 59.2 Å². The van der Waals surface area contributed by atoms with E-state index in [9.17, 15) is 0 Å². The summed E-state index contributed by atoms with van der Waals surface area (Å²) in [6.07, 6.45) is 42.4. The summed E-state index contributed by atoms with van der Waals surface area (Å²) in [7, 11) is 0. The van der Waals surface area contributed by atoms with Crippen LogP contribution in [0.4, 0.5) is 0 Å². The molecule has 0 aromatic carbocycles. The normalized spacial score (nSPS) is 57.3. The van der Waals surface area contributed by atoms with Gasteiger partial charge in [-0.05, 0) is 162 Å². The highest BCUT2D eigenvalue weighted by Gasteiger charge is 2.61. The Morgan fingerprint density at radius 1 is 0.377 bits per heavy atom. The average molecular weight is 762 g/mol. The molecule has 53 heavy (non-hydrogen) atoms. The van der Waals surface area contributed by atoms with Crippen LogP contribution in [0.3, 0.4) is 0 Å². The molecule has 0 bridgehead atoms. The number of ether oxygens (including phenoxy) is 2. The monoisotopic (exact) mass is 762 g/mol. The standard InChI is InChI=1S/C48H75NO2S2/c1-4-22-40-31(13-1)33-18-9-20-38(46(33)50-40)49(39-21-10-19-36-32-14-2-5-23-41(32)53-48(36)39)29-12-7-11-28(27-29)30-16-8-17-34-35-25-26-43-44(47(35)51-45(30)34)37-15-3-6-24-42(37)52-43/h28-48H,1-27H2. The van der Waals surface area contributed by atoms with Crippen LogP contribution in [0.15, 0.2) is 0 Å². The van der Waals surface area contributed by atoms with Gasteiger partial charge < -0.3 is 9.47 Å². The molecule has 12 rings (SSSR count). The van der Waals surface area contributed by atoms with Crippen molar-refractivity contribution in [3.63, 3.8) is 0 Å². The summed E-state index contributed by atoms with van der Waals surface area (Å²) in [4.78, 5) is 3.40. The molecule has 4 aliphatic heterocycles. The van der Waals surface area contributed by atoms with Crippen LogP contribution in [0.25, 0.3) is 0 Å². The maximum absolute atomic E-state index is 7.70. The van der Waals surface area contributed by atoms with Crippen molar-refractivity contribution in [1.29, 1.82) is 0 Å². The van der Waals surface area contributed by atoms with Crippen molar-refractivity contribution < 1.29 is 9.47 Å². The van der Waals surface area contributed by atoms with Gasteiger partial charge in [-0.1, -0.05) is 64.2 Å². The zero-order valence-corrected chi connectivity index (χ0v) is 34.9. The topological polar surface area (TPSA) is 21.7 Å². The highest BCUT2D eigenvalue weighted by Crippen LogP contribution is 2.63. The Labute approximate surface area is 332 Å². The van der Waals surface area contributed by atoms with E-state index >= 15 is 0 Å². The zero-order chi connectivity index (χ0) is 34.6. The van der Waals surface area contributed by atoms with E-state index in [1.165, 1.54) is 161 Å².